The molecule has 1 rings (SSSR count). The third-order valence-corrected chi connectivity index (χ3v) is 1.31. The molecule has 1 heterocycles. The fourth-order valence-corrected chi connectivity index (χ4v) is 0.767. The summed E-state index contributed by atoms with van der Waals surface area (Å²) in [5.41, 5.74) is 0.457. The van der Waals surface area contributed by atoms with Gasteiger partial charge in [0.25, 0.3) is 0 Å². The highest BCUT2D eigenvalue weighted by atomic mass is 19.3. The van der Waals surface area contributed by atoms with Gasteiger partial charge in [0, 0.05) is 17.9 Å². The quantitative estimate of drug-likeness (QED) is 0.383. The van der Waals surface area contributed by atoms with E-state index in [2.05, 4.69) is 19.5 Å². The third kappa shape index (κ3) is 3.10. The molecule has 0 aromatic carbocycles. The average molecular weight is 185 g/mol. The molecule has 0 bridgehead atoms. The molecule has 0 saturated carbocycles. The van der Waals surface area contributed by atoms with Crippen molar-refractivity contribution in [3.63, 3.8) is 0 Å². The van der Waals surface area contributed by atoms with Gasteiger partial charge in [0.2, 0.25) is 0 Å². The van der Waals surface area contributed by atoms with Crippen LogP contribution in [-0.2, 0) is 14.6 Å². The molecule has 0 aliphatic heterocycles. The Morgan fingerprint density at radius 3 is 3.00 bits per heavy atom. The first-order valence-electron chi connectivity index (χ1n) is 3.84. The van der Waals surface area contributed by atoms with E-state index in [0.29, 0.717) is 12.1 Å². The molecule has 0 unspecified atom stereocenters. The van der Waals surface area contributed by atoms with E-state index in [1.165, 1.54) is 6.20 Å². The highest BCUT2D eigenvalue weighted by Gasteiger charge is 2.24. The summed E-state index contributed by atoms with van der Waals surface area (Å²) >= 11 is 0. The summed E-state index contributed by atoms with van der Waals surface area (Å²) in [5.74, 6) is 0. The predicted molar refractivity (Wildman–Crippen MR) is 44.5 cm³/mol. The molecule has 1 aromatic rings. The summed E-state index contributed by atoms with van der Waals surface area (Å²) in [4.78, 5) is 16.5. The fourth-order valence-electron chi connectivity index (χ4n) is 0.767. The topological polar surface area (TPSA) is 40.6 Å². The van der Waals surface area contributed by atoms with Gasteiger partial charge < -0.3 is 0 Å². The number of pyridine rings is 1. The molecule has 6 heteroatoms. The Balaban J connectivity index is 2.56. The first-order valence-corrected chi connectivity index (χ1v) is 3.84. The van der Waals surface area contributed by atoms with E-state index in [4.69, 9.17) is 0 Å². The zero-order chi connectivity index (χ0) is 9.52. The maximum absolute atomic E-state index is 11.9. The Morgan fingerprint density at radius 2 is 2.46 bits per heavy atom. The molecule has 0 N–H and O–H groups in total. The van der Waals surface area contributed by atoms with Crippen molar-refractivity contribution in [3.8, 4) is 0 Å². The van der Waals surface area contributed by atoms with E-state index in [-0.39, 0.29) is 0 Å². The Labute approximate surface area is 75.6 Å². The molecule has 0 fully saturated rings. The van der Waals surface area contributed by atoms with Gasteiger partial charge in [0.15, 0.2) is 0 Å². The smallest absolute Gasteiger partial charge is 0.265 e. The lowest BCUT2D eigenvalue weighted by molar-refractivity contribution is -0.233. The number of halogens is 1. The lowest BCUT2D eigenvalue weighted by Gasteiger charge is -2.06. The van der Waals surface area contributed by atoms with Gasteiger partial charge in [-0.15, -0.1) is 0 Å². The molecule has 0 aliphatic carbocycles. The van der Waals surface area contributed by atoms with Crippen LogP contribution in [0, 0.1) is 0 Å². The zero-order valence-electron chi connectivity index (χ0n) is 7.14. The van der Waals surface area contributed by atoms with Gasteiger partial charge in [-0.25, -0.2) is 9.75 Å². The number of aromatic nitrogens is 1. The molecule has 0 aliphatic rings. The standard InChI is InChI=1S/C7H9BFNO3/c1-2-11-13-8(12-9)7-4-3-5-10-6-7/h3-6H,2H2,1H3. The number of nitrogens with zero attached hydrogens (tertiary/aromatic N) is 1. The second kappa shape index (κ2) is 5.63. The monoisotopic (exact) mass is 185 g/mol. The minimum atomic E-state index is -1.17. The lowest BCUT2D eigenvalue weighted by atomic mass is 9.81. The molecule has 0 radical (unpaired) electrons. The molecular formula is C7H9BFNO3. The zero-order valence-corrected chi connectivity index (χ0v) is 7.14. The molecule has 13 heavy (non-hydrogen) atoms. The summed E-state index contributed by atoms with van der Waals surface area (Å²) in [6.45, 7) is 2.04. The van der Waals surface area contributed by atoms with E-state index >= 15 is 0 Å². The van der Waals surface area contributed by atoms with Gasteiger partial charge in [-0.3, -0.25) is 9.79 Å². The van der Waals surface area contributed by atoms with Crippen molar-refractivity contribution >= 4 is 12.6 Å². The summed E-state index contributed by atoms with van der Waals surface area (Å²) in [6.07, 6.45) is 3.00. The molecule has 70 valence electrons. The van der Waals surface area contributed by atoms with E-state index in [1.54, 1.807) is 25.3 Å². The van der Waals surface area contributed by atoms with Gasteiger partial charge in [0.05, 0.1) is 6.61 Å². The summed E-state index contributed by atoms with van der Waals surface area (Å²) < 4.78 is 11.9. The molecule has 0 atom stereocenters. The maximum Gasteiger partial charge on any atom is 0.563 e. The van der Waals surface area contributed by atoms with Gasteiger partial charge in [-0.2, -0.15) is 0 Å². The molecule has 0 amide bonds. The van der Waals surface area contributed by atoms with Gasteiger partial charge in [-0.1, -0.05) is 10.6 Å². The minimum absolute atomic E-state index is 0.320. The SMILES string of the molecule is CCOOB(OF)c1cccnc1. The first kappa shape index (κ1) is 10.1. The van der Waals surface area contributed by atoms with Gasteiger partial charge in [0.1, 0.15) is 0 Å². The number of rotatable bonds is 5. The van der Waals surface area contributed by atoms with Crippen molar-refractivity contribution in [2.75, 3.05) is 6.61 Å². The number of hydrogen-bond donors (Lipinski definition) is 0. The lowest BCUT2D eigenvalue weighted by Crippen LogP contribution is -2.35. The van der Waals surface area contributed by atoms with Crippen molar-refractivity contribution in [3.05, 3.63) is 24.5 Å². The van der Waals surface area contributed by atoms with Crippen LogP contribution in [0.15, 0.2) is 24.5 Å². The Morgan fingerprint density at radius 1 is 1.62 bits per heavy atom. The largest absolute Gasteiger partial charge is 0.563 e. The predicted octanol–water partition coefficient (Wildman–Crippen LogP) is 0.646. The van der Waals surface area contributed by atoms with E-state index in [1.807, 2.05) is 0 Å². The van der Waals surface area contributed by atoms with Crippen LogP contribution in [0.1, 0.15) is 6.92 Å². The van der Waals surface area contributed by atoms with Crippen molar-refractivity contribution < 1.29 is 19.1 Å². The average Bonchev–Trinajstić information content (AvgIpc) is 2.21. The van der Waals surface area contributed by atoms with Crippen molar-refractivity contribution in [1.29, 1.82) is 0 Å². The summed E-state index contributed by atoms with van der Waals surface area (Å²) in [7, 11) is -1.17. The summed E-state index contributed by atoms with van der Waals surface area (Å²) in [5, 5.41) is 0. The van der Waals surface area contributed by atoms with Crippen LogP contribution in [0.3, 0.4) is 0 Å². The van der Waals surface area contributed by atoms with Crippen LogP contribution in [-0.4, -0.2) is 18.7 Å². The van der Waals surface area contributed by atoms with E-state index in [9.17, 15) is 4.53 Å². The molecule has 4 nitrogen and oxygen atoms in total. The highest BCUT2D eigenvalue weighted by molar-refractivity contribution is 6.60. The van der Waals surface area contributed by atoms with Crippen LogP contribution in [0.25, 0.3) is 0 Å². The third-order valence-electron chi connectivity index (χ3n) is 1.31. The molecule has 1 aromatic heterocycles. The van der Waals surface area contributed by atoms with Crippen LogP contribution < -0.4 is 5.46 Å². The van der Waals surface area contributed by atoms with Crippen LogP contribution in [0.5, 0.6) is 0 Å². The van der Waals surface area contributed by atoms with E-state index < -0.39 is 7.12 Å². The Bertz CT molecular complexity index is 236. The van der Waals surface area contributed by atoms with Crippen LogP contribution in [0.2, 0.25) is 0 Å². The maximum atomic E-state index is 11.9. The van der Waals surface area contributed by atoms with Crippen molar-refractivity contribution in [2.24, 2.45) is 0 Å². The van der Waals surface area contributed by atoms with Crippen molar-refractivity contribution in [2.45, 2.75) is 6.92 Å². The normalized spacial score (nSPS) is 10.0. The van der Waals surface area contributed by atoms with Crippen LogP contribution >= 0.6 is 0 Å². The van der Waals surface area contributed by atoms with E-state index in [0.717, 1.165) is 0 Å². The highest BCUT2D eigenvalue weighted by Crippen LogP contribution is 1.93. The summed E-state index contributed by atoms with van der Waals surface area (Å²) in [6, 6.07) is 3.27. The fraction of sp³-hybridized carbons (Fsp3) is 0.286. The minimum Gasteiger partial charge on any atom is -0.265 e. The molecule has 0 spiro atoms. The Kier molecular flexibility index (Phi) is 4.38. The Hall–Kier alpha value is -0.975. The first-order chi connectivity index (χ1) is 6.38. The van der Waals surface area contributed by atoms with Gasteiger partial charge >= 0.3 is 7.12 Å². The van der Waals surface area contributed by atoms with Crippen molar-refractivity contribution in [1.82, 2.24) is 4.98 Å². The second-order valence-corrected chi connectivity index (χ2v) is 2.21. The molecular weight excluding hydrogens is 176 g/mol. The van der Waals surface area contributed by atoms with Crippen LogP contribution in [0.4, 0.5) is 4.53 Å². The van der Waals surface area contributed by atoms with Gasteiger partial charge in [-0.05, 0) is 13.0 Å². The molecule has 0 saturated heterocycles. The second-order valence-electron chi connectivity index (χ2n) is 2.21. The number of hydrogen-bond acceptors (Lipinski definition) is 4.